The van der Waals surface area contributed by atoms with Crippen LogP contribution in [0.15, 0.2) is 48.7 Å². The lowest BCUT2D eigenvalue weighted by Crippen LogP contribution is -2.30. The van der Waals surface area contributed by atoms with Gasteiger partial charge in [0.2, 0.25) is 0 Å². The summed E-state index contributed by atoms with van der Waals surface area (Å²) in [5.74, 6) is 1.74. The molecule has 25 heavy (non-hydrogen) atoms. The van der Waals surface area contributed by atoms with Gasteiger partial charge < -0.3 is 10.2 Å². The second kappa shape index (κ2) is 7.12. The zero-order valence-corrected chi connectivity index (χ0v) is 14.4. The fourth-order valence-corrected chi connectivity index (χ4v) is 2.45. The predicted molar refractivity (Wildman–Crippen MR) is 95.4 cm³/mol. The Kier molecular flexibility index (Phi) is 4.74. The fourth-order valence-electron chi connectivity index (χ4n) is 2.45. The topological polar surface area (TPSA) is 86.8 Å². The third-order valence-electron chi connectivity index (χ3n) is 3.75. The van der Waals surface area contributed by atoms with Gasteiger partial charge in [0, 0.05) is 25.9 Å². The summed E-state index contributed by atoms with van der Waals surface area (Å²) in [6.07, 6.45) is 1.62. The Bertz CT molecular complexity index is 859. The molecule has 1 atom stereocenters. The maximum absolute atomic E-state index is 12.8. The van der Waals surface area contributed by atoms with E-state index in [1.165, 1.54) is 0 Å². The third kappa shape index (κ3) is 3.82. The molecule has 0 saturated heterocycles. The molecule has 0 saturated carbocycles. The van der Waals surface area contributed by atoms with Gasteiger partial charge in [-0.3, -0.25) is 9.89 Å². The van der Waals surface area contributed by atoms with E-state index in [0.717, 1.165) is 11.4 Å². The van der Waals surface area contributed by atoms with E-state index in [9.17, 15) is 4.79 Å². The van der Waals surface area contributed by atoms with Gasteiger partial charge >= 0.3 is 0 Å². The molecule has 0 fully saturated rings. The molecule has 0 aliphatic carbocycles. The van der Waals surface area contributed by atoms with Gasteiger partial charge in [0.25, 0.3) is 5.91 Å². The van der Waals surface area contributed by atoms with Crippen LogP contribution in [0.5, 0.6) is 0 Å². The number of anilines is 1. The minimum Gasteiger partial charge on any atom is -0.363 e. The van der Waals surface area contributed by atoms with Crippen molar-refractivity contribution in [1.82, 2.24) is 25.5 Å². The molecule has 0 bridgehead atoms. The van der Waals surface area contributed by atoms with E-state index in [1.54, 1.807) is 18.3 Å². The number of nitrogens with zero attached hydrogens (tertiary/aromatic N) is 4. The number of nitrogens with one attached hydrogen (secondary N) is 2. The molecule has 2 aromatic heterocycles. The molecule has 7 nitrogen and oxygen atoms in total. The molecule has 0 radical (unpaired) electrons. The third-order valence-corrected chi connectivity index (χ3v) is 3.75. The van der Waals surface area contributed by atoms with Gasteiger partial charge in [-0.25, -0.2) is 9.97 Å². The normalized spacial score (nSPS) is 11.8. The van der Waals surface area contributed by atoms with Crippen LogP contribution in [0.2, 0.25) is 0 Å². The first-order valence-corrected chi connectivity index (χ1v) is 7.92. The summed E-state index contributed by atoms with van der Waals surface area (Å²) in [5.41, 5.74) is 1.45. The molecule has 0 unspecified atom stereocenters. The zero-order valence-electron chi connectivity index (χ0n) is 14.4. The predicted octanol–water partition coefficient (Wildman–Crippen LogP) is 2.09. The number of aryl methyl sites for hydroxylation is 1. The number of pyridine rings is 1. The van der Waals surface area contributed by atoms with Gasteiger partial charge in [-0.1, -0.05) is 30.3 Å². The molecule has 128 valence electrons. The smallest absolute Gasteiger partial charge is 0.252 e. The molecule has 1 aromatic carbocycles. The van der Waals surface area contributed by atoms with Crippen LogP contribution < -0.4 is 10.2 Å². The zero-order chi connectivity index (χ0) is 17.8. The highest BCUT2D eigenvalue weighted by Crippen LogP contribution is 2.20. The van der Waals surface area contributed by atoms with E-state index in [-0.39, 0.29) is 5.91 Å². The first-order valence-electron chi connectivity index (χ1n) is 7.92. The number of aromatic nitrogens is 4. The SMILES string of the molecule is Cc1nc([C@@H](NC(=O)c2ccnc(N(C)C)c2)c2ccccc2)n[nH]1. The van der Waals surface area contributed by atoms with Crippen LogP contribution in [-0.2, 0) is 0 Å². The van der Waals surface area contributed by atoms with Gasteiger partial charge in [0.05, 0.1) is 0 Å². The second-order valence-electron chi connectivity index (χ2n) is 5.89. The Balaban J connectivity index is 1.90. The number of amides is 1. The summed E-state index contributed by atoms with van der Waals surface area (Å²) < 4.78 is 0. The van der Waals surface area contributed by atoms with Crippen molar-refractivity contribution in [2.24, 2.45) is 0 Å². The Hall–Kier alpha value is -3.22. The van der Waals surface area contributed by atoms with Crippen molar-refractivity contribution in [3.8, 4) is 0 Å². The molecular formula is C18H20N6O. The molecule has 0 spiro atoms. The Morgan fingerprint density at radius 2 is 1.96 bits per heavy atom. The van der Waals surface area contributed by atoms with Crippen LogP contribution in [0.4, 0.5) is 5.82 Å². The van der Waals surface area contributed by atoms with E-state index in [0.29, 0.717) is 17.2 Å². The van der Waals surface area contributed by atoms with Gasteiger partial charge in [-0.15, -0.1) is 0 Å². The average molecular weight is 336 g/mol. The van der Waals surface area contributed by atoms with Crippen molar-refractivity contribution < 1.29 is 4.79 Å². The summed E-state index contributed by atoms with van der Waals surface area (Å²) in [5, 5.41) is 10.1. The van der Waals surface area contributed by atoms with E-state index in [1.807, 2.05) is 56.3 Å². The molecule has 3 rings (SSSR count). The lowest BCUT2D eigenvalue weighted by atomic mass is 10.1. The van der Waals surface area contributed by atoms with Crippen LogP contribution in [0, 0.1) is 6.92 Å². The number of hydrogen-bond donors (Lipinski definition) is 2. The number of carbonyl (C=O) groups is 1. The van der Waals surface area contributed by atoms with Crippen LogP contribution in [0.1, 0.15) is 33.6 Å². The summed E-state index contributed by atoms with van der Waals surface area (Å²) in [6.45, 7) is 1.83. The summed E-state index contributed by atoms with van der Waals surface area (Å²) in [7, 11) is 3.76. The summed E-state index contributed by atoms with van der Waals surface area (Å²) in [6, 6.07) is 12.7. The molecule has 2 heterocycles. The lowest BCUT2D eigenvalue weighted by Gasteiger charge is -2.17. The highest BCUT2D eigenvalue weighted by atomic mass is 16.1. The van der Waals surface area contributed by atoms with Crippen LogP contribution >= 0.6 is 0 Å². The number of carbonyl (C=O) groups excluding carboxylic acids is 1. The highest BCUT2D eigenvalue weighted by Gasteiger charge is 2.21. The van der Waals surface area contributed by atoms with Crippen molar-refractivity contribution in [2.75, 3.05) is 19.0 Å². The number of benzene rings is 1. The quantitative estimate of drug-likeness (QED) is 0.745. The van der Waals surface area contributed by atoms with Crippen molar-refractivity contribution >= 4 is 11.7 Å². The molecular weight excluding hydrogens is 316 g/mol. The minimum absolute atomic E-state index is 0.207. The minimum atomic E-state index is -0.436. The first-order chi connectivity index (χ1) is 12.0. The van der Waals surface area contributed by atoms with E-state index >= 15 is 0 Å². The van der Waals surface area contributed by atoms with Gasteiger partial charge in [-0.05, 0) is 24.6 Å². The molecule has 0 aliphatic rings. The fraction of sp³-hybridized carbons (Fsp3) is 0.222. The molecule has 0 aliphatic heterocycles. The van der Waals surface area contributed by atoms with Crippen molar-refractivity contribution in [1.29, 1.82) is 0 Å². The number of rotatable bonds is 5. The van der Waals surface area contributed by atoms with E-state index in [2.05, 4.69) is 25.5 Å². The van der Waals surface area contributed by atoms with E-state index < -0.39 is 6.04 Å². The standard InChI is InChI=1S/C18H20N6O/c1-12-20-17(23-22-12)16(13-7-5-4-6-8-13)21-18(25)14-9-10-19-15(11-14)24(2)3/h4-11,16H,1-3H3,(H,21,25)(H,20,22,23)/t16-/m0/s1. The van der Waals surface area contributed by atoms with Gasteiger partial charge in [0.15, 0.2) is 5.82 Å². The summed E-state index contributed by atoms with van der Waals surface area (Å²) in [4.78, 5) is 23.2. The maximum atomic E-state index is 12.8. The van der Waals surface area contributed by atoms with Crippen LogP contribution in [0.3, 0.4) is 0 Å². The molecule has 7 heteroatoms. The Morgan fingerprint density at radius 1 is 1.20 bits per heavy atom. The molecule has 2 N–H and O–H groups in total. The number of aromatic amines is 1. The molecule has 3 aromatic rings. The lowest BCUT2D eigenvalue weighted by molar-refractivity contribution is 0.0941. The Labute approximate surface area is 146 Å². The van der Waals surface area contributed by atoms with E-state index in [4.69, 9.17) is 0 Å². The van der Waals surface area contributed by atoms with Crippen molar-refractivity contribution in [2.45, 2.75) is 13.0 Å². The van der Waals surface area contributed by atoms with Crippen LogP contribution in [-0.4, -0.2) is 40.2 Å². The second-order valence-corrected chi connectivity index (χ2v) is 5.89. The van der Waals surface area contributed by atoms with Crippen molar-refractivity contribution in [3.05, 3.63) is 71.4 Å². The maximum Gasteiger partial charge on any atom is 0.252 e. The monoisotopic (exact) mass is 336 g/mol. The van der Waals surface area contributed by atoms with Crippen LogP contribution in [0.25, 0.3) is 0 Å². The summed E-state index contributed by atoms with van der Waals surface area (Å²) >= 11 is 0. The average Bonchev–Trinajstić information content (AvgIpc) is 3.06. The van der Waals surface area contributed by atoms with Gasteiger partial charge in [-0.2, -0.15) is 5.10 Å². The number of hydrogen-bond acceptors (Lipinski definition) is 5. The Morgan fingerprint density at radius 3 is 2.60 bits per heavy atom. The molecule has 1 amide bonds. The van der Waals surface area contributed by atoms with Crippen molar-refractivity contribution in [3.63, 3.8) is 0 Å². The largest absolute Gasteiger partial charge is 0.363 e. The first kappa shape index (κ1) is 16.6. The van der Waals surface area contributed by atoms with Gasteiger partial charge in [0.1, 0.15) is 17.7 Å². The number of H-pyrrole nitrogens is 1. The highest BCUT2D eigenvalue weighted by molar-refractivity contribution is 5.95.